The molecule has 1 aliphatic heterocycles. The fourth-order valence-corrected chi connectivity index (χ4v) is 3.77. The molecule has 0 saturated carbocycles. The third-order valence-electron chi connectivity index (χ3n) is 5.63. The quantitative estimate of drug-likeness (QED) is 0.444. The van der Waals surface area contributed by atoms with Gasteiger partial charge >= 0.3 is 6.18 Å². The molecule has 4 N–H and O–H groups in total. The molecule has 1 saturated heterocycles. The molecular weight excluding hydrogens is 495 g/mol. The molecule has 1 aliphatic rings. The Kier molecular flexibility index (Phi) is 9.76. The van der Waals surface area contributed by atoms with Crippen LogP contribution in [-0.4, -0.2) is 53.2 Å². The van der Waals surface area contributed by atoms with Gasteiger partial charge in [-0.15, -0.1) is 10.2 Å². The standard InChI is InChI=1S/C25H23F3N6O.C2H7N/c1-16-17(4-6-20-8-9-23(29)33-32-20)12-19(14-30-16)24(35)31-21-7-5-18(15-34-10-2-3-11-34)22(13-21)25(26,27)28;1-3-2/h5,7-9,12-14H,2-3,10-11,15H2,1H3,(H2,29,33)(H,31,35);3H,1-2H3. The lowest BCUT2D eigenvalue weighted by Gasteiger charge is -2.20. The van der Waals surface area contributed by atoms with Crippen LogP contribution in [0.25, 0.3) is 0 Å². The first kappa shape index (κ1) is 28.6. The van der Waals surface area contributed by atoms with Gasteiger partial charge in [0.2, 0.25) is 0 Å². The van der Waals surface area contributed by atoms with Crippen molar-refractivity contribution < 1.29 is 18.0 Å². The predicted molar refractivity (Wildman–Crippen MR) is 140 cm³/mol. The summed E-state index contributed by atoms with van der Waals surface area (Å²) in [6.45, 7) is 3.53. The van der Waals surface area contributed by atoms with Gasteiger partial charge in [-0.25, -0.2) is 0 Å². The van der Waals surface area contributed by atoms with Crippen LogP contribution in [0.5, 0.6) is 0 Å². The van der Waals surface area contributed by atoms with E-state index < -0.39 is 17.6 Å². The molecule has 2 aromatic heterocycles. The van der Waals surface area contributed by atoms with Gasteiger partial charge in [-0.1, -0.05) is 12.0 Å². The van der Waals surface area contributed by atoms with Gasteiger partial charge in [0.05, 0.1) is 16.8 Å². The fraction of sp³-hybridized carbons (Fsp3) is 0.333. The number of rotatable bonds is 4. The summed E-state index contributed by atoms with van der Waals surface area (Å²) in [4.78, 5) is 19.0. The van der Waals surface area contributed by atoms with Crippen molar-refractivity contribution in [2.75, 3.05) is 38.2 Å². The van der Waals surface area contributed by atoms with Gasteiger partial charge in [-0.3, -0.25) is 14.7 Å². The van der Waals surface area contributed by atoms with E-state index in [1.807, 2.05) is 19.0 Å². The van der Waals surface area contributed by atoms with Crippen LogP contribution in [-0.2, 0) is 12.7 Å². The van der Waals surface area contributed by atoms with Crippen LogP contribution < -0.4 is 16.4 Å². The minimum Gasteiger partial charge on any atom is -0.382 e. The molecule has 0 spiro atoms. The molecule has 0 unspecified atom stereocenters. The molecule has 0 atom stereocenters. The van der Waals surface area contributed by atoms with Gasteiger partial charge in [-0.05, 0) is 88.8 Å². The van der Waals surface area contributed by atoms with Gasteiger partial charge in [-0.2, -0.15) is 13.2 Å². The molecule has 0 radical (unpaired) electrons. The second-order valence-corrected chi connectivity index (χ2v) is 8.76. The number of halogens is 3. The largest absolute Gasteiger partial charge is 0.416 e. The zero-order chi connectivity index (χ0) is 27.7. The average molecular weight is 526 g/mol. The van der Waals surface area contributed by atoms with Crippen LogP contribution in [0, 0.1) is 18.8 Å². The zero-order valence-corrected chi connectivity index (χ0v) is 21.5. The van der Waals surface area contributed by atoms with Crippen LogP contribution in [0.3, 0.4) is 0 Å². The SMILES string of the molecule is CNC.Cc1ncc(C(=O)Nc2ccc(CN3CCCC3)c(C(F)(F)F)c2)cc1C#Cc1ccc(N)nn1. The molecule has 11 heteroatoms. The number of aryl methyl sites for hydroxylation is 1. The normalized spacial score (nSPS) is 13.2. The van der Waals surface area contributed by atoms with E-state index in [-0.39, 0.29) is 29.2 Å². The first-order valence-electron chi connectivity index (χ1n) is 12.0. The first-order valence-corrected chi connectivity index (χ1v) is 12.0. The van der Waals surface area contributed by atoms with E-state index in [0.717, 1.165) is 32.0 Å². The highest BCUT2D eigenvalue weighted by Crippen LogP contribution is 2.35. The smallest absolute Gasteiger partial charge is 0.382 e. The van der Waals surface area contributed by atoms with Crippen LogP contribution in [0.15, 0.2) is 42.6 Å². The molecule has 0 bridgehead atoms. The highest BCUT2D eigenvalue weighted by atomic mass is 19.4. The van der Waals surface area contributed by atoms with E-state index in [1.54, 1.807) is 19.1 Å². The number of aromatic nitrogens is 3. The molecule has 1 amide bonds. The van der Waals surface area contributed by atoms with E-state index in [1.165, 1.54) is 24.4 Å². The van der Waals surface area contributed by atoms with Crippen molar-refractivity contribution >= 4 is 17.4 Å². The second-order valence-electron chi connectivity index (χ2n) is 8.76. The number of nitrogen functional groups attached to an aromatic ring is 1. The number of nitrogens with one attached hydrogen (secondary N) is 2. The molecule has 3 aromatic rings. The summed E-state index contributed by atoms with van der Waals surface area (Å²) in [6, 6.07) is 8.60. The minimum atomic E-state index is -4.53. The van der Waals surface area contributed by atoms with Crippen molar-refractivity contribution in [3.05, 3.63) is 76.2 Å². The van der Waals surface area contributed by atoms with E-state index in [4.69, 9.17) is 5.73 Å². The van der Waals surface area contributed by atoms with Crippen molar-refractivity contribution in [1.29, 1.82) is 0 Å². The number of alkyl halides is 3. The molecule has 3 heterocycles. The Hall–Kier alpha value is -4.01. The topological polar surface area (TPSA) is 109 Å². The maximum atomic E-state index is 13.7. The van der Waals surface area contributed by atoms with Gasteiger partial charge in [0.15, 0.2) is 0 Å². The van der Waals surface area contributed by atoms with Gasteiger partial charge in [0, 0.05) is 24.0 Å². The van der Waals surface area contributed by atoms with Gasteiger partial charge in [0.1, 0.15) is 11.5 Å². The minimum absolute atomic E-state index is 0.0536. The number of amides is 1. The Balaban J connectivity index is 0.00000127. The molecule has 8 nitrogen and oxygen atoms in total. The Morgan fingerprint density at radius 1 is 1.08 bits per heavy atom. The van der Waals surface area contributed by atoms with Crippen LogP contribution in [0.2, 0.25) is 0 Å². The molecule has 1 aromatic carbocycles. The number of anilines is 2. The number of pyridine rings is 1. The lowest BCUT2D eigenvalue weighted by atomic mass is 10.0. The number of carbonyl (C=O) groups is 1. The summed E-state index contributed by atoms with van der Waals surface area (Å²) >= 11 is 0. The number of hydrogen-bond donors (Lipinski definition) is 3. The van der Waals surface area contributed by atoms with Crippen molar-refractivity contribution in [2.24, 2.45) is 0 Å². The molecule has 1 fully saturated rings. The lowest BCUT2D eigenvalue weighted by molar-refractivity contribution is -0.138. The summed E-state index contributed by atoms with van der Waals surface area (Å²) < 4.78 is 41.2. The maximum Gasteiger partial charge on any atom is 0.416 e. The number of hydrogen-bond acceptors (Lipinski definition) is 7. The summed E-state index contributed by atoms with van der Waals surface area (Å²) in [5.41, 5.74) is 6.63. The predicted octanol–water partition coefficient (Wildman–Crippen LogP) is 3.86. The average Bonchev–Trinajstić information content (AvgIpc) is 3.38. The van der Waals surface area contributed by atoms with Gasteiger partial charge < -0.3 is 16.4 Å². The molecular formula is C27H30F3N7O. The number of nitrogens with zero attached hydrogens (tertiary/aromatic N) is 4. The Labute approximate surface area is 219 Å². The Morgan fingerprint density at radius 2 is 1.79 bits per heavy atom. The lowest BCUT2D eigenvalue weighted by Crippen LogP contribution is -2.21. The third kappa shape index (κ3) is 7.99. The van der Waals surface area contributed by atoms with E-state index in [0.29, 0.717) is 17.0 Å². The van der Waals surface area contributed by atoms with Gasteiger partial charge in [0.25, 0.3) is 5.91 Å². The molecule has 4 rings (SSSR count). The summed E-state index contributed by atoms with van der Waals surface area (Å²) in [7, 11) is 3.75. The molecule has 0 aliphatic carbocycles. The first-order chi connectivity index (χ1) is 18.1. The zero-order valence-electron chi connectivity index (χ0n) is 21.5. The van der Waals surface area contributed by atoms with E-state index in [2.05, 4.69) is 37.7 Å². The van der Waals surface area contributed by atoms with Crippen molar-refractivity contribution in [3.8, 4) is 11.8 Å². The third-order valence-corrected chi connectivity index (χ3v) is 5.63. The molecule has 38 heavy (non-hydrogen) atoms. The molecule has 200 valence electrons. The summed E-state index contributed by atoms with van der Waals surface area (Å²) in [5.74, 6) is 5.39. The summed E-state index contributed by atoms with van der Waals surface area (Å²) in [5, 5.41) is 12.9. The van der Waals surface area contributed by atoms with Crippen LogP contribution in [0.4, 0.5) is 24.7 Å². The van der Waals surface area contributed by atoms with E-state index in [9.17, 15) is 18.0 Å². The Morgan fingerprint density at radius 3 is 2.42 bits per heavy atom. The summed E-state index contributed by atoms with van der Waals surface area (Å²) in [6.07, 6.45) is -1.21. The fourth-order valence-electron chi connectivity index (χ4n) is 3.77. The number of benzene rings is 1. The van der Waals surface area contributed by atoms with Crippen molar-refractivity contribution in [1.82, 2.24) is 25.4 Å². The van der Waals surface area contributed by atoms with E-state index >= 15 is 0 Å². The van der Waals surface area contributed by atoms with Crippen LogP contribution in [0.1, 0.15) is 51.3 Å². The monoisotopic (exact) mass is 525 g/mol. The highest BCUT2D eigenvalue weighted by molar-refractivity contribution is 6.04. The highest BCUT2D eigenvalue weighted by Gasteiger charge is 2.34. The number of likely N-dealkylation sites (tertiary alicyclic amines) is 1. The van der Waals surface area contributed by atoms with Crippen molar-refractivity contribution in [3.63, 3.8) is 0 Å². The maximum absolute atomic E-state index is 13.7. The number of nitrogens with two attached hydrogens (primary N) is 1. The number of carbonyl (C=O) groups excluding carboxylic acids is 1. The van der Waals surface area contributed by atoms with Crippen molar-refractivity contribution in [2.45, 2.75) is 32.5 Å². The van der Waals surface area contributed by atoms with Crippen LogP contribution >= 0.6 is 0 Å². The second kappa shape index (κ2) is 13.0. The Bertz CT molecular complexity index is 1310.